The molecule has 198 valence electrons. The van der Waals surface area contributed by atoms with Crippen LogP contribution in [0.2, 0.25) is 0 Å². The number of carbonyl (C=O) groups excluding carboxylic acids is 2. The van der Waals surface area contributed by atoms with Crippen molar-refractivity contribution in [3.63, 3.8) is 0 Å². The van der Waals surface area contributed by atoms with Crippen molar-refractivity contribution >= 4 is 11.6 Å². The first kappa shape index (κ1) is 26.1. The van der Waals surface area contributed by atoms with Crippen LogP contribution >= 0.6 is 0 Å². The van der Waals surface area contributed by atoms with E-state index in [0.717, 1.165) is 44.9 Å². The largest absolute Gasteiger partial charge is 0.396 e. The molecule has 4 nitrogen and oxygen atoms in total. The van der Waals surface area contributed by atoms with Crippen LogP contribution < -0.4 is 0 Å². The van der Waals surface area contributed by atoms with E-state index in [4.69, 9.17) is 6.57 Å². The number of nitrogens with zero attached hydrogens (tertiary/aromatic N) is 1. The molecule has 0 aromatic carbocycles. The number of aliphatic hydroxyl groups is 1. The second-order valence-corrected chi connectivity index (χ2v) is 15.5. The summed E-state index contributed by atoms with van der Waals surface area (Å²) in [5, 5.41) is 10.1. The highest BCUT2D eigenvalue weighted by Crippen LogP contribution is 2.76. The Morgan fingerprint density at radius 3 is 2.25 bits per heavy atom. The molecule has 0 radical (unpaired) electrons. The molecule has 0 saturated heterocycles. The van der Waals surface area contributed by atoms with Gasteiger partial charge in [-0.25, -0.2) is 4.85 Å². The average Bonchev–Trinajstić information content (AvgIpc) is 2.79. The number of ketones is 2. The fraction of sp³-hybridized carbons (Fsp3) is 0.844. The zero-order valence-corrected chi connectivity index (χ0v) is 23.7. The van der Waals surface area contributed by atoms with Crippen molar-refractivity contribution in [2.75, 3.05) is 6.61 Å². The van der Waals surface area contributed by atoms with E-state index in [0.29, 0.717) is 18.1 Å². The first-order chi connectivity index (χ1) is 16.6. The number of fused-ring (bicyclic) bond motifs is 7. The van der Waals surface area contributed by atoms with Gasteiger partial charge < -0.3 is 9.90 Å². The Morgan fingerprint density at radius 1 is 0.944 bits per heavy atom. The molecule has 4 fully saturated rings. The molecular formula is C32H47NO3. The van der Waals surface area contributed by atoms with Crippen molar-refractivity contribution in [2.45, 2.75) is 106 Å². The number of carbonyl (C=O) groups is 2. The zero-order chi connectivity index (χ0) is 26.5. The van der Waals surface area contributed by atoms with E-state index >= 15 is 0 Å². The Bertz CT molecular complexity index is 1060. The van der Waals surface area contributed by atoms with Gasteiger partial charge in [-0.15, -0.1) is 0 Å². The van der Waals surface area contributed by atoms with Crippen molar-refractivity contribution in [3.05, 3.63) is 23.2 Å². The third-order valence-electron chi connectivity index (χ3n) is 13.2. The van der Waals surface area contributed by atoms with Gasteiger partial charge in [-0.05, 0) is 96.2 Å². The third-order valence-corrected chi connectivity index (χ3v) is 13.2. The minimum Gasteiger partial charge on any atom is -0.396 e. The number of allylic oxidation sites excluding steroid dienone is 2. The Balaban J connectivity index is 1.63. The first-order valence-electron chi connectivity index (χ1n) is 14.4. The predicted octanol–water partition coefficient (Wildman–Crippen LogP) is 7.02. The van der Waals surface area contributed by atoms with Crippen molar-refractivity contribution in [1.29, 1.82) is 0 Å². The lowest BCUT2D eigenvalue weighted by Gasteiger charge is -2.72. The summed E-state index contributed by atoms with van der Waals surface area (Å²) in [7, 11) is 0. The minimum atomic E-state index is -0.582. The summed E-state index contributed by atoms with van der Waals surface area (Å²) in [5.41, 5.74) is -0.446. The van der Waals surface area contributed by atoms with E-state index in [-0.39, 0.29) is 62.9 Å². The summed E-state index contributed by atoms with van der Waals surface area (Å²) >= 11 is 0. The fourth-order valence-corrected chi connectivity index (χ4v) is 11.0. The molecule has 4 heteroatoms. The van der Waals surface area contributed by atoms with Crippen LogP contribution in [0.4, 0.5) is 0 Å². The smallest absolute Gasteiger partial charge is 0.226 e. The van der Waals surface area contributed by atoms with Crippen LogP contribution in [0.25, 0.3) is 4.85 Å². The van der Waals surface area contributed by atoms with Crippen molar-refractivity contribution < 1.29 is 14.7 Å². The van der Waals surface area contributed by atoms with E-state index in [9.17, 15) is 14.7 Å². The lowest BCUT2D eigenvalue weighted by molar-refractivity contribution is -0.224. The third kappa shape index (κ3) is 3.14. The number of Topliss-reactive ketones (excluding diaryl/α,β-unsaturated/α-hetero) is 2. The lowest BCUT2D eigenvalue weighted by atomic mass is 9.31. The van der Waals surface area contributed by atoms with Crippen LogP contribution in [0, 0.1) is 62.7 Å². The van der Waals surface area contributed by atoms with E-state index in [1.54, 1.807) is 0 Å². The van der Waals surface area contributed by atoms with Gasteiger partial charge in [-0.2, -0.15) is 0 Å². The molecule has 0 bridgehead atoms. The van der Waals surface area contributed by atoms with Gasteiger partial charge in [0.1, 0.15) is 5.78 Å². The van der Waals surface area contributed by atoms with Crippen LogP contribution in [0.1, 0.15) is 106 Å². The summed E-state index contributed by atoms with van der Waals surface area (Å²) < 4.78 is 0. The second kappa shape index (κ2) is 7.78. The van der Waals surface area contributed by atoms with Crippen molar-refractivity contribution in [2.24, 2.45) is 56.2 Å². The van der Waals surface area contributed by atoms with Gasteiger partial charge in [0.25, 0.3) is 0 Å². The molecule has 0 spiro atoms. The topological polar surface area (TPSA) is 58.7 Å². The minimum absolute atomic E-state index is 0.0225. The number of hydrogen-bond acceptors (Lipinski definition) is 3. The highest BCUT2D eigenvalue weighted by molar-refractivity contribution is 6.02. The summed E-state index contributed by atoms with van der Waals surface area (Å²) in [4.78, 5) is 31.3. The lowest BCUT2D eigenvalue weighted by Crippen LogP contribution is -2.68. The number of hydrogen-bond donors (Lipinski definition) is 1. The molecule has 0 aliphatic heterocycles. The van der Waals surface area contributed by atoms with E-state index in [1.165, 1.54) is 6.42 Å². The molecule has 0 amide bonds. The van der Waals surface area contributed by atoms with Gasteiger partial charge in [0.2, 0.25) is 5.70 Å². The molecule has 0 unspecified atom stereocenters. The molecular weight excluding hydrogens is 446 g/mol. The summed E-state index contributed by atoms with van der Waals surface area (Å²) in [5.74, 6) is 1.07. The quantitative estimate of drug-likeness (QED) is 0.420. The molecule has 5 aliphatic rings. The molecule has 0 aromatic heterocycles. The Morgan fingerprint density at radius 2 is 1.61 bits per heavy atom. The van der Waals surface area contributed by atoms with Crippen molar-refractivity contribution in [1.82, 2.24) is 0 Å². The van der Waals surface area contributed by atoms with E-state index in [2.05, 4.69) is 39.5 Å². The maximum atomic E-state index is 14.4. The Hall–Kier alpha value is -1.47. The first-order valence-corrected chi connectivity index (χ1v) is 14.4. The zero-order valence-electron chi connectivity index (χ0n) is 23.7. The normalized spacial score (nSPS) is 49.0. The standard InChI is InChI=1S/C32H47NO3/c1-27(2)11-13-32(15-16-34)14-12-31(7)25(20(32)18-27)22(35)17-24-29(5)19-21(33-8)26(36)28(3,4)23(29)9-10-30(24,31)6/h19-20,23-25,34H,9-18H2,1-7H3/t20-,23-,24+,25-,29-,30+,31+,32+/m0/s1. The highest BCUT2D eigenvalue weighted by Gasteiger charge is 2.71. The van der Waals surface area contributed by atoms with Crippen molar-refractivity contribution in [3.8, 4) is 0 Å². The molecule has 8 atom stereocenters. The van der Waals surface area contributed by atoms with Gasteiger partial charge in [0, 0.05) is 24.4 Å². The second-order valence-electron chi connectivity index (χ2n) is 15.5. The molecule has 0 heterocycles. The fourth-order valence-electron chi connectivity index (χ4n) is 11.0. The number of aliphatic hydroxyl groups excluding tert-OH is 1. The molecule has 0 aromatic rings. The van der Waals surface area contributed by atoms with E-state index in [1.807, 2.05) is 19.9 Å². The van der Waals surface area contributed by atoms with E-state index < -0.39 is 5.41 Å². The van der Waals surface area contributed by atoms with Gasteiger partial charge in [-0.1, -0.05) is 54.5 Å². The average molecular weight is 494 g/mol. The van der Waals surface area contributed by atoms with Gasteiger partial charge in [0.15, 0.2) is 5.78 Å². The van der Waals surface area contributed by atoms with Gasteiger partial charge in [-0.3, -0.25) is 4.79 Å². The summed E-state index contributed by atoms with van der Waals surface area (Å²) in [6.07, 6.45) is 10.9. The molecule has 1 N–H and O–H groups in total. The van der Waals surface area contributed by atoms with Crippen LogP contribution in [-0.4, -0.2) is 23.3 Å². The maximum Gasteiger partial charge on any atom is 0.226 e. The van der Waals surface area contributed by atoms with Crippen LogP contribution in [0.15, 0.2) is 11.8 Å². The van der Waals surface area contributed by atoms with Crippen LogP contribution in [0.3, 0.4) is 0 Å². The maximum absolute atomic E-state index is 14.4. The molecule has 4 saturated carbocycles. The van der Waals surface area contributed by atoms with Crippen LogP contribution in [-0.2, 0) is 9.59 Å². The Labute approximate surface area is 218 Å². The summed E-state index contributed by atoms with van der Waals surface area (Å²) in [6, 6.07) is 0. The van der Waals surface area contributed by atoms with Gasteiger partial charge >= 0.3 is 0 Å². The Kier molecular flexibility index (Phi) is 5.65. The molecule has 5 rings (SSSR count). The molecule has 5 aliphatic carbocycles. The summed E-state index contributed by atoms with van der Waals surface area (Å²) in [6.45, 7) is 23.9. The van der Waals surface area contributed by atoms with Gasteiger partial charge in [0.05, 0.1) is 6.57 Å². The monoisotopic (exact) mass is 493 g/mol. The van der Waals surface area contributed by atoms with Crippen LogP contribution in [0.5, 0.6) is 0 Å². The number of rotatable bonds is 2. The highest BCUT2D eigenvalue weighted by atomic mass is 16.3. The SMILES string of the molecule is [C-]#[N+]C1=C[C@]2(C)[C@H]3CC(=O)[C@@H]4[C@@H]5CC(C)(C)CC[C@]5(CCO)CC[C@@]4(C)[C@]3(C)CC[C@H]2C(C)(C)C1=O. The molecule has 36 heavy (non-hydrogen) atoms. The predicted molar refractivity (Wildman–Crippen MR) is 142 cm³/mol.